The topological polar surface area (TPSA) is 64.6 Å². The molecule has 0 saturated heterocycles. The summed E-state index contributed by atoms with van der Waals surface area (Å²) in [6, 6.07) is 20.8. The molecule has 3 aromatic rings. The Morgan fingerprint density at radius 2 is 1.64 bits per heavy atom. The summed E-state index contributed by atoms with van der Waals surface area (Å²) in [5.74, 6) is 2.15. The molecule has 0 heterocycles. The van der Waals surface area contributed by atoms with Crippen molar-refractivity contribution in [1.82, 2.24) is 0 Å². The van der Waals surface area contributed by atoms with E-state index in [1.54, 1.807) is 62.4 Å². The summed E-state index contributed by atoms with van der Waals surface area (Å²) in [7, 11) is 3.16. The lowest BCUT2D eigenvalue weighted by molar-refractivity contribution is -0.116. The number of nitrogens with one attached hydrogen (secondary N) is 1. The van der Waals surface area contributed by atoms with Crippen molar-refractivity contribution in [3.8, 4) is 11.5 Å². The number of ether oxygens (including phenoxy) is 2. The highest BCUT2D eigenvalue weighted by molar-refractivity contribution is 7.99. The molecule has 0 aliphatic heterocycles. The number of Topliss-reactive ketones (excluding diaryl/α,β-unsaturated/α-hetero) is 1. The molecule has 0 aliphatic rings. The van der Waals surface area contributed by atoms with E-state index < -0.39 is 0 Å². The molecule has 0 bridgehead atoms. The van der Waals surface area contributed by atoms with Crippen LogP contribution in [0.4, 0.5) is 5.69 Å². The van der Waals surface area contributed by atoms with Gasteiger partial charge in [0, 0.05) is 34.6 Å². The van der Waals surface area contributed by atoms with Crippen LogP contribution in [0.2, 0.25) is 0 Å². The summed E-state index contributed by atoms with van der Waals surface area (Å²) in [4.78, 5) is 26.2. The molecular weight excluding hydrogens is 434 g/mol. The maximum absolute atomic E-state index is 12.7. The minimum Gasteiger partial charge on any atom is -0.497 e. The Bertz CT molecular complexity index is 1080. The average Bonchev–Trinajstić information content (AvgIpc) is 2.83. The molecule has 0 radical (unpaired) electrons. The maximum Gasteiger partial charge on any atom is 0.224 e. The average molecular weight is 464 g/mol. The van der Waals surface area contributed by atoms with Crippen LogP contribution >= 0.6 is 11.8 Å². The van der Waals surface area contributed by atoms with Crippen LogP contribution in [0, 0.1) is 6.92 Å². The maximum atomic E-state index is 12.7. The van der Waals surface area contributed by atoms with Crippen molar-refractivity contribution in [3.63, 3.8) is 0 Å². The van der Waals surface area contributed by atoms with Gasteiger partial charge in [0.1, 0.15) is 11.5 Å². The second-order valence-electron chi connectivity index (χ2n) is 7.67. The SMILES string of the molecule is COc1ccc(OC)c(CC(=O)c2ccc(NC(=O)CCCSc3ccc(C)cc3)cc2)c1. The van der Waals surface area contributed by atoms with Gasteiger partial charge in [0.05, 0.1) is 14.2 Å². The highest BCUT2D eigenvalue weighted by Gasteiger charge is 2.13. The zero-order chi connectivity index (χ0) is 23.6. The largest absolute Gasteiger partial charge is 0.497 e. The minimum absolute atomic E-state index is 0.0281. The molecule has 3 aromatic carbocycles. The van der Waals surface area contributed by atoms with Crippen molar-refractivity contribution in [1.29, 1.82) is 0 Å². The monoisotopic (exact) mass is 463 g/mol. The van der Waals surface area contributed by atoms with Gasteiger partial charge in [-0.1, -0.05) is 17.7 Å². The lowest BCUT2D eigenvalue weighted by atomic mass is 10.0. The van der Waals surface area contributed by atoms with Crippen molar-refractivity contribution in [2.45, 2.75) is 31.1 Å². The smallest absolute Gasteiger partial charge is 0.224 e. The molecule has 0 saturated carbocycles. The fourth-order valence-corrected chi connectivity index (χ4v) is 4.17. The van der Waals surface area contributed by atoms with Gasteiger partial charge in [-0.2, -0.15) is 0 Å². The molecule has 0 aromatic heterocycles. The number of ketones is 1. The number of hydrogen-bond acceptors (Lipinski definition) is 5. The van der Waals surface area contributed by atoms with Crippen LogP contribution in [0.5, 0.6) is 11.5 Å². The molecule has 0 unspecified atom stereocenters. The Balaban J connectivity index is 1.47. The highest BCUT2D eigenvalue weighted by atomic mass is 32.2. The second kappa shape index (κ2) is 12.1. The quantitative estimate of drug-likeness (QED) is 0.216. The third-order valence-electron chi connectivity index (χ3n) is 5.17. The molecule has 33 heavy (non-hydrogen) atoms. The first-order chi connectivity index (χ1) is 16.0. The Kier molecular flexibility index (Phi) is 8.95. The molecule has 0 atom stereocenters. The number of hydrogen-bond donors (Lipinski definition) is 1. The molecule has 6 heteroatoms. The fourth-order valence-electron chi connectivity index (χ4n) is 3.32. The molecule has 0 spiro atoms. The van der Waals surface area contributed by atoms with Crippen molar-refractivity contribution in [3.05, 3.63) is 83.4 Å². The molecular formula is C27H29NO4S. The Morgan fingerprint density at radius 3 is 2.30 bits per heavy atom. The second-order valence-corrected chi connectivity index (χ2v) is 8.84. The Morgan fingerprint density at radius 1 is 0.909 bits per heavy atom. The van der Waals surface area contributed by atoms with E-state index in [1.165, 1.54) is 10.5 Å². The number of thioether (sulfide) groups is 1. The number of carbonyl (C=O) groups excluding carboxylic acids is 2. The van der Waals surface area contributed by atoms with Crippen LogP contribution in [-0.2, 0) is 11.2 Å². The van der Waals surface area contributed by atoms with Gasteiger partial charge in [0.2, 0.25) is 5.91 Å². The van der Waals surface area contributed by atoms with E-state index in [-0.39, 0.29) is 18.1 Å². The summed E-state index contributed by atoms with van der Waals surface area (Å²) in [6.07, 6.45) is 1.45. The molecule has 1 N–H and O–H groups in total. The predicted octanol–water partition coefficient (Wildman–Crippen LogP) is 5.95. The van der Waals surface area contributed by atoms with Crippen LogP contribution < -0.4 is 14.8 Å². The van der Waals surface area contributed by atoms with E-state index in [0.717, 1.165) is 17.7 Å². The van der Waals surface area contributed by atoms with E-state index in [1.807, 2.05) is 6.07 Å². The Labute approximate surface area is 199 Å². The van der Waals surface area contributed by atoms with Crippen molar-refractivity contribution in [2.24, 2.45) is 0 Å². The first-order valence-electron chi connectivity index (χ1n) is 10.8. The fraction of sp³-hybridized carbons (Fsp3) is 0.259. The number of carbonyl (C=O) groups is 2. The molecule has 3 rings (SSSR count). The molecule has 172 valence electrons. The van der Waals surface area contributed by atoms with E-state index in [2.05, 4.69) is 36.5 Å². The van der Waals surface area contributed by atoms with Gasteiger partial charge in [-0.25, -0.2) is 0 Å². The van der Waals surface area contributed by atoms with E-state index >= 15 is 0 Å². The number of rotatable bonds is 11. The van der Waals surface area contributed by atoms with Crippen LogP contribution in [0.15, 0.2) is 71.6 Å². The van der Waals surface area contributed by atoms with Crippen LogP contribution in [-0.4, -0.2) is 31.7 Å². The van der Waals surface area contributed by atoms with Crippen molar-refractivity contribution < 1.29 is 19.1 Å². The summed E-state index contributed by atoms with van der Waals surface area (Å²) in [6.45, 7) is 2.07. The Hall–Kier alpha value is -3.25. The summed E-state index contributed by atoms with van der Waals surface area (Å²) >= 11 is 1.75. The molecule has 0 aliphatic carbocycles. The van der Waals surface area contributed by atoms with Crippen LogP contribution in [0.25, 0.3) is 0 Å². The summed E-state index contributed by atoms with van der Waals surface area (Å²) in [5, 5.41) is 2.90. The van der Waals surface area contributed by atoms with Gasteiger partial charge in [-0.3, -0.25) is 9.59 Å². The first-order valence-corrected chi connectivity index (χ1v) is 11.8. The van der Waals surface area contributed by atoms with E-state index in [0.29, 0.717) is 29.2 Å². The lowest BCUT2D eigenvalue weighted by Gasteiger charge is -2.10. The van der Waals surface area contributed by atoms with Gasteiger partial charge in [-0.15, -0.1) is 11.8 Å². The van der Waals surface area contributed by atoms with Crippen LogP contribution in [0.1, 0.15) is 34.3 Å². The highest BCUT2D eigenvalue weighted by Crippen LogP contribution is 2.26. The van der Waals surface area contributed by atoms with Crippen molar-refractivity contribution in [2.75, 3.05) is 25.3 Å². The summed E-state index contributed by atoms with van der Waals surface area (Å²) < 4.78 is 10.6. The zero-order valence-electron chi connectivity index (χ0n) is 19.2. The molecule has 1 amide bonds. The van der Waals surface area contributed by atoms with E-state index in [9.17, 15) is 9.59 Å². The number of benzene rings is 3. The first kappa shape index (κ1) is 24.4. The van der Waals surface area contributed by atoms with E-state index in [4.69, 9.17) is 9.47 Å². The number of aryl methyl sites for hydroxylation is 1. The number of amides is 1. The zero-order valence-corrected chi connectivity index (χ0v) is 20.0. The third kappa shape index (κ3) is 7.39. The predicted molar refractivity (Wildman–Crippen MR) is 134 cm³/mol. The minimum atomic E-state index is -0.0347. The van der Waals surface area contributed by atoms with Gasteiger partial charge in [0.15, 0.2) is 5.78 Å². The third-order valence-corrected chi connectivity index (χ3v) is 6.27. The lowest BCUT2D eigenvalue weighted by Crippen LogP contribution is -2.12. The molecule has 5 nitrogen and oxygen atoms in total. The normalized spacial score (nSPS) is 10.5. The number of methoxy groups -OCH3 is 2. The van der Waals surface area contributed by atoms with Gasteiger partial charge >= 0.3 is 0 Å². The van der Waals surface area contributed by atoms with Crippen molar-refractivity contribution >= 4 is 29.1 Å². The van der Waals surface area contributed by atoms with Gasteiger partial charge < -0.3 is 14.8 Å². The standard InChI is InChI=1S/C27H29NO4S/c1-19-6-13-24(14-7-19)33-16-4-5-27(30)28-22-10-8-20(9-11-22)25(29)18-21-17-23(31-2)12-15-26(21)32-3/h6-15,17H,4-5,16,18H2,1-3H3,(H,28,30). The summed E-state index contributed by atoms with van der Waals surface area (Å²) in [5.41, 5.74) is 3.27. The molecule has 0 fully saturated rings. The number of anilines is 1. The van der Waals surface area contributed by atoms with Gasteiger partial charge in [0.25, 0.3) is 0 Å². The van der Waals surface area contributed by atoms with Gasteiger partial charge in [-0.05, 0) is 73.7 Å². The van der Waals surface area contributed by atoms with Crippen LogP contribution in [0.3, 0.4) is 0 Å².